The van der Waals surface area contributed by atoms with Crippen LogP contribution in [0.15, 0.2) is 53.3 Å². The molecule has 0 radical (unpaired) electrons. The molecule has 2 aromatic heterocycles. The molecule has 7 heteroatoms. The average Bonchev–Trinajstić information content (AvgIpc) is 3.11. The molecule has 132 valence electrons. The number of carbonyl (C=O) groups is 1. The van der Waals surface area contributed by atoms with Crippen LogP contribution in [0.5, 0.6) is 5.75 Å². The second-order valence-electron chi connectivity index (χ2n) is 6.12. The minimum absolute atomic E-state index is 0.0376. The Balaban J connectivity index is 1.46. The lowest BCUT2D eigenvalue weighted by Crippen LogP contribution is -2.46. The van der Waals surface area contributed by atoms with Gasteiger partial charge in [0.15, 0.2) is 0 Å². The minimum atomic E-state index is -0.161. The zero-order chi connectivity index (χ0) is 17.9. The van der Waals surface area contributed by atoms with Gasteiger partial charge in [-0.15, -0.1) is 0 Å². The van der Waals surface area contributed by atoms with Gasteiger partial charge in [-0.2, -0.15) is 4.98 Å². The molecule has 4 rings (SSSR count). The molecule has 26 heavy (non-hydrogen) atoms. The molecule has 0 spiro atoms. The monoisotopic (exact) mass is 350 g/mol. The highest BCUT2D eigenvalue weighted by Gasteiger charge is 2.37. The lowest BCUT2D eigenvalue weighted by Gasteiger charge is -2.38. The van der Waals surface area contributed by atoms with Crippen molar-refractivity contribution in [2.45, 2.75) is 18.9 Å². The summed E-state index contributed by atoms with van der Waals surface area (Å²) in [5.74, 6) is 1.73. The van der Waals surface area contributed by atoms with Gasteiger partial charge in [-0.05, 0) is 36.2 Å². The summed E-state index contributed by atoms with van der Waals surface area (Å²) >= 11 is 0. The van der Waals surface area contributed by atoms with Crippen molar-refractivity contribution in [3.63, 3.8) is 0 Å². The molecule has 3 aromatic rings. The van der Waals surface area contributed by atoms with Gasteiger partial charge in [-0.25, -0.2) is 0 Å². The minimum Gasteiger partial charge on any atom is -0.497 e. The first-order chi connectivity index (χ1) is 12.7. The molecule has 1 aliphatic heterocycles. The van der Waals surface area contributed by atoms with E-state index in [-0.39, 0.29) is 11.9 Å². The molecule has 1 aliphatic rings. The van der Waals surface area contributed by atoms with Crippen molar-refractivity contribution in [1.29, 1.82) is 0 Å². The molecule has 0 unspecified atom stereocenters. The van der Waals surface area contributed by atoms with Crippen LogP contribution in [0.2, 0.25) is 0 Å². The number of benzene rings is 1. The molecule has 3 heterocycles. The van der Waals surface area contributed by atoms with Crippen molar-refractivity contribution in [3.8, 4) is 17.1 Å². The zero-order valence-corrected chi connectivity index (χ0v) is 14.3. The van der Waals surface area contributed by atoms with E-state index in [1.54, 1.807) is 24.4 Å². The standard InChI is InChI=1S/C19H18N4O3/c1-25-15-6-2-4-13(10-15)11-17(24)23-9-7-16(23)19-21-18(22-26-19)14-5-3-8-20-12-14/h2-6,8,10,12,16H,7,9,11H2,1H3/t16-/m1/s1. The molecule has 7 nitrogen and oxygen atoms in total. The topological polar surface area (TPSA) is 81.4 Å². The molecule has 1 amide bonds. The summed E-state index contributed by atoms with van der Waals surface area (Å²) < 4.78 is 10.6. The van der Waals surface area contributed by atoms with E-state index in [1.165, 1.54) is 0 Å². The van der Waals surface area contributed by atoms with Crippen LogP contribution in [-0.4, -0.2) is 39.6 Å². The number of pyridine rings is 1. The number of likely N-dealkylation sites (tertiary alicyclic amines) is 1. The first-order valence-corrected chi connectivity index (χ1v) is 8.41. The summed E-state index contributed by atoms with van der Waals surface area (Å²) in [4.78, 5) is 22.9. The zero-order valence-electron chi connectivity index (χ0n) is 14.3. The number of carbonyl (C=O) groups excluding carboxylic acids is 1. The van der Waals surface area contributed by atoms with Crippen molar-refractivity contribution in [2.24, 2.45) is 0 Å². The van der Waals surface area contributed by atoms with Gasteiger partial charge in [0, 0.05) is 24.5 Å². The maximum atomic E-state index is 12.6. The molecule has 0 bridgehead atoms. The quantitative estimate of drug-likeness (QED) is 0.704. The van der Waals surface area contributed by atoms with E-state index < -0.39 is 0 Å². The van der Waals surface area contributed by atoms with Crippen molar-refractivity contribution in [3.05, 3.63) is 60.2 Å². The van der Waals surface area contributed by atoms with E-state index in [4.69, 9.17) is 9.26 Å². The predicted octanol–water partition coefficient (Wildman–Crippen LogP) is 2.66. The van der Waals surface area contributed by atoms with Gasteiger partial charge >= 0.3 is 0 Å². The van der Waals surface area contributed by atoms with Gasteiger partial charge in [0.05, 0.1) is 13.5 Å². The number of methoxy groups -OCH3 is 1. The molecule has 0 N–H and O–H groups in total. The normalized spacial score (nSPS) is 16.2. The SMILES string of the molecule is COc1cccc(CC(=O)N2CC[C@@H]2c2nc(-c3cccnc3)no2)c1. The lowest BCUT2D eigenvalue weighted by molar-refractivity contribution is -0.139. The maximum Gasteiger partial charge on any atom is 0.249 e. The molecule has 1 atom stereocenters. The van der Waals surface area contributed by atoms with Crippen LogP contribution >= 0.6 is 0 Å². The van der Waals surface area contributed by atoms with Crippen LogP contribution < -0.4 is 4.74 Å². The predicted molar refractivity (Wildman–Crippen MR) is 93.3 cm³/mol. The third-order valence-electron chi connectivity index (χ3n) is 4.48. The second-order valence-corrected chi connectivity index (χ2v) is 6.12. The van der Waals surface area contributed by atoms with Crippen LogP contribution in [0.1, 0.15) is 23.9 Å². The molecule has 0 saturated carbocycles. The Hall–Kier alpha value is -3.22. The van der Waals surface area contributed by atoms with E-state index in [1.807, 2.05) is 36.4 Å². The summed E-state index contributed by atoms with van der Waals surface area (Å²) in [5, 5.41) is 4.01. The van der Waals surface area contributed by atoms with E-state index in [9.17, 15) is 4.79 Å². The van der Waals surface area contributed by atoms with Crippen molar-refractivity contribution < 1.29 is 14.1 Å². The average molecular weight is 350 g/mol. The Bertz CT molecular complexity index is 910. The van der Waals surface area contributed by atoms with E-state index in [0.717, 1.165) is 23.3 Å². The highest BCUT2D eigenvalue weighted by atomic mass is 16.5. The molecule has 0 aliphatic carbocycles. The van der Waals surface area contributed by atoms with Crippen LogP contribution in [0.3, 0.4) is 0 Å². The van der Waals surface area contributed by atoms with E-state index in [2.05, 4.69) is 15.1 Å². The summed E-state index contributed by atoms with van der Waals surface area (Å²) in [5.41, 5.74) is 1.71. The van der Waals surface area contributed by atoms with Gasteiger partial charge < -0.3 is 14.2 Å². The second kappa shape index (κ2) is 6.95. The molecular weight excluding hydrogens is 332 g/mol. The Morgan fingerprint density at radius 1 is 1.35 bits per heavy atom. The van der Waals surface area contributed by atoms with Crippen molar-refractivity contribution >= 4 is 5.91 Å². The third-order valence-corrected chi connectivity index (χ3v) is 4.48. The molecular formula is C19H18N4O3. The van der Waals surface area contributed by atoms with Crippen LogP contribution in [0.25, 0.3) is 11.4 Å². The van der Waals surface area contributed by atoms with Crippen LogP contribution in [0, 0.1) is 0 Å². The summed E-state index contributed by atoms with van der Waals surface area (Å²) in [6.45, 7) is 0.693. The number of hydrogen-bond acceptors (Lipinski definition) is 6. The van der Waals surface area contributed by atoms with Gasteiger partial charge in [0.2, 0.25) is 17.6 Å². The largest absolute Gasteiger partial charge is 0.497 e. The summed E-state index contributed by atoms with van der Waals surface area (Å²) in [7, 11) is 1.61. The summed E-state index contributed by atoms with van der Waals surface area (Å²) in [6.07, 6.45) is 4.51. The highest BCUT2D eigenvalue weighted by Crippen LogP contribution is 2.33. The maximum absolute atomic E-state index is 12.6. The van der Waals surface area contributed by atoms with E-state index >= 15 is 0 Å². The van der Waals surface area contributed by atoms with Gasteiger partial charge in [-0.3, -0.25) is 9.78 Å². The van der Waals surface area contributed by atoms with Crippen molar-refractivity contribution in [1.82, 2.24) is 20.0 Å². The fourth-order valence-electron chi connectivity index (χ4n) is 2.98. The summed E-state index contributed by atoms with van der Waals surface area (Å²) in [6, 6.07) is 11.1. The Kier molecular flexibility index (Phi) is 4.35. The number of amides is 1. The first-order valence-electron chi connectivity index (χ1n) is 8.41. The Morgan fingerprint density at radius 2 is 2.27 bits per heavy atom. The highest BCUT2D eigenvalue weighted by molar-refractivity contribution is 5.80. The number of hydrogen-bond donors (Lipinski definition) is 0. The molecule has 1 saturated heterocycles. The molecule has 1 fully saturated rings. The Labute approximate surface area is 150 Å². The van der Waals surface area contributed by atoms with Crippen LogP contribution in [-0.2, 0) is 11.2 Å². The Morgan fingerprint density at radius 3 is 3.00 bits per heavy atom. The fraction of sp³-hybridized carbons (Fsp3) is 0.263. The van der Waals surface area contributed by atoms with Gasteiger partial charge in [0.25, 0.3) is 0 Å². The van der Waals surface area contributed by atoms with E-state index in [0.29, 0.717) is 24.7 Å². The lowest BCUT2D eigenvalue weighted by atomic mass is 10.0. The first kappa shape index (κ1) is 16.3. The third kappa shape index (κ3) is 3.15. The molecule has 1 aromatic carbocycles. The number of aromatic nitrogens is 3. The number of rotatable bonds is 5. The van der Waals surface area contributed by atoms with Gasteiger partial charge in [-0.1, -0.05) is 17.3 Å². The smallest absolute Gasteiger partial charge is 0.249 e. The fourth-order valence-corrected chi connectivity index (χ4v) is 2.98. The number of nitrogens with zero attached hydrogens (tertiary/aromatic N) is 4. The van der Waals surface area contributed by atoms with Gasteiger partial charge in [0.1, 0.15) is 11.8 Å². The number of ether oxygens (including phenoxy) is 1. The van der Waals surface area contributed by atoms with Crippen LogP contribution in [0.4, 0.5) is 0 Å². The van der Waals surface area contributed by atoms with Crippen molar-refractivity contribution in [2.75, 3.05) is 13.7 Å².